The van der Waals surface area contributed by atoms with E-state index in [1.165, 1.54) is 44.8 Å². The predicted molar refractivity (Wildman–Crippen MR) is 236 cm³/mol. The number of esters is 2. The van der Waals surface area contributed by atoms with Crippen molar-refractivity contribution in [3.63, 3.8) is 0 Å². The zero-order valence-electron chi connectivity index (χ0n) is 34.5. The van der Waals surface area contributed by atoms with Crippen molar-refractivity contribution in [2.24, 2.45) is 17.8 Å². The van der Waals surface area contributed by atoms with Crippen molar-refractivity contribution in [2.75, 3.05) is 68.6 Å². The van der Waals surface area contributed by atoms with Crippen LogP contribution in [0.15, 0.2) is 73.3 Å². The van der Waals surface area contributed by atoms with Crippen LogP contribution in [-0.4, -0.2) is 96.4 Å². The van der Waals surface area contributed by atoms with E-state index in [9.17, 15) is 23.9 Å². The van der Waals surface area contributed by atoms with Gasteiger partial charge in [-0.3, -0.25) is 14.4 Å². The highest BCUT2D eigenvalue weighted by atomic mass is 35.5. The Labute approximate surface area is 371 Å². The van der Waals surface area contributed by atoms with E-state index in [1.54, 1.807) is 18.5 Å². The summed E-state index contributed by atoms with van der Waals surface area (Å²) in [6.07, 6.45) is 13.6. The molecule has 3 fully saturated rings. The monoisotopic (exact) mass is 902 g/mol. The molecule has 3 aliphatic rings. The smallest absolute Gasteiger partial charge is 0.305 e. The summed E-state index contributed by atoms with van der Waals surface area (Å²) in [5.74, 6) is 3.01. The van der Waals surface area contributed by atoms with E-state index in [0.29, 0.717) is 57.9 Å². The Morgan fingerprint density at radius 2 is 1.11 bits per heavy atom. The molecule has 0 radical (unpaired) electrons. The minimum atomic E-state index is -0.505. The molecule has 7 heterocycles. The molecule has 0 saturated carbocycles. The number of amides is 1. The molecule has 18 heteroatoms. The van der Waals surface area contributed by atoms with E-state index in [1.807, 2.05) is 24.3 Å². The zero-order chi connectivity index (χ0) is 44.0. The van der Waals surface area contributed by atoms with Crippen molar-refractivity contribution in [1.29, 1.82) is 0 Å². The molecule has 3 N–H and O–H groups in total. The summed E-state index contributed by atoms with van der Waals surface area (Å²) >= 11 is 17.1. The summed E-state index contributed by atoms with van der Waals surface area (Å²) < 4.78 is 21.2. The highest BCUT2D eigenvalue weighted by Crippen LogP contribution is 2.26. The van der Waals surface area contributed by atoms with Crippen LogP contribution in [0.4, 0.5) is 21.8 Å². The predicted octanol–water partition coefficient (Wildman–Crippen LogP) is 8.02. The number of aromatic hydroxyl groups is 1. The van der Waals surface area contributed by atoms with Gasteiger partial charge in [-0.05, 0) is 118 Å². The number of hydrogen-bond acceptors (Lipinski definition) is 13. The lowest BCUT2D eigenvalue weighted by Crippen LogP contribution is -2.35. The summed E-state index contributed by atoms with van der Waals surface area (Å²) in [5, 5.41) is 16.9. The number of piperidine rings is 3. The number of nitrogens with zero attached hydrogens (tertiary/aromatic N) is 6. The summed E-state index contributed by atoms with van der Waals surface area (Å²) in [7, 11) is 2.89. The summed E-state index contributed by atoms with van der Waals surface area (Å²) in [6.45, 7) is 5.70. The van der Waals surface area contributed by atoms with Gasteiger partial charge in [-0.2, -0.15) is 4.39 Å². The average Bonchev–Trinajstić information content (AvgIpc) is 3.27. The third-order valence-electron chi connectivity index (χ3n) is 10.3. The molecule has 0 aliphatic carbocycles. The minimum Gasteiger partial charge on any atom is -0.506 e. The van der Waals surface area contributed by atoms with Crippen molar-refractivity contribution < 1.29 is 33.4 Å². The summed E-state index contributed by atoms with van der Waals surface area (Å²) in [6, 6.07) is 13.3. The van der Waals surface area contributed by atoms with Gasteiger partial charge in [0.25, 0.3) is 0 Å². The highest BCUT2D eigenvalue weighted by molar-refractivity contribution is 6.31. The van der Waals surface area contributed by atoms with Crippen LogP contribution in [0.25, 0.3) is 0 Å². The maximum atomic E-state index is 12.1. The van der Waals surface area contributed by atoms with E-state index in [4.69, 9.17) is 39.5 Å². The number of carbonyl (C=O) groups is 3. The molecule has 330 valence electrons. The number of ether oxygens (including phenoxy) is 2. The second-order valence-electron chi connectivity index (χ2n) is 14.7. The quantitative estimate of drug-likeness (QED) is 0.109. The van der Waals surface area contributed by atoms with Gasteiger partial charge in [0.1, 0.15) is 23.2 Å². The molecule has 1 amide bonds. The number of anilines is 3. The third kappa shape index (κ3) is 18.8. The molecule has 61 heavy (non-hydrogen) atoms. The van der Waals surface area contributed by atoms with Gasteiger partial charge in [0.15, 0.2) is 0 Å². The van der Waals surface area contributed by atoms with E-state index < -0.39 is 5.95 Å². The number of carbonyl (C=O) groups excluding carboxylic acids is 3. The summed E-state index contributed by atoms with van der Waals surface area (Å²) in [5.41, 5.74) is 0. The Bertz CT molecular complexity index is 1870. The van der Waals surface area contributed by atoms with Crippen LogP contribution < -0.4 is 20.4 Å². The molecule has 7 rings (SSSR count). The van der Waals surface area contributed by atoms with Crippen LogP contribution in [0.1, 0.15) is 57.8 Å². The van der Waals surface area contributed by atoms with Gasteiger partial charge in [0, 0.05) is 64.0 Å². The van der Waals surface area contributed by atoms with E-state index in [2.05, 4.69) is 45.1 Å². The van der Waals surface area contributed by atoms with Crippen LogP contribution in [0, 0.1) is 23.7 Å². The Hall–Kier alpha value is -4.83. The van der Waals surface area contributed by atoms with Gasteiger partial charge >= 0.3 is 11.9 Å². The van der Waals surface area contributed by atoms with Crippen LogP contribution >= 0.6 is 34.8 Å². The van der Waals surface area contributed by atoms with Crippen molar-refractivity contribution >= 4 is 70.1 Å². The average molecular weight is 904 g/mol. The van der Waals surface area contributed by atoms with Crippen LogP contribution in [0.5, 0.6) is 5.75 Å². The standard InChI is InChI=1S/C17H19ClN4O2.C13H17ClN2O2.C8H15NO2.C5H3ClFN/c18-13-1-4-16(20-10-13)22-7-5-12(6-8-22)9-17(24)21-15-3-2-14(23)11-19-15;1-18-13(17)8-10-4-6-16(7-5-10)12-3-2-11(14)9-15-12;1-11-8(10)6-7-2-4-9-5-3-7;6-4-1-2-5(7)8-3-4/h1-4,10-12,23H,5-9H2,(H,19,21,24);2-3,9-10H,4-8H2,1H3;7,9H,2-6H2,1H3;1-3H. The number of halogens is 4. The van der Waals surface area contributed by atoms with Gasteiger partial charge < -0.3 is 35.0 Å². The molecule has 4 aromatic rings. The fourth-order valence-electron chi connectivity index (χ4n) is 6.84. The Morgan fingerprint density at radius 1 is 0.656 bits per heavy atom. The van der Waals surface area contributed by atoms with Gasteiger partial charge in [0.05, 0.1) is 35.5 Å². The molecule has 0 bridgehead atoms. The van der Waals surface area contributed by atoms with Crippen LogP contribution in [-0.2, 0) is 23.9 Å². The third-order valence-corrected chi connectivity index (χ3v) is 11.0. The number of rotatable bonds is 9. The Kier molecular flexibility index (Phi) is 21.2. The first-order chi connectivity index (χ1) is 29.4. The van der Waals surface area contributed by atoms with E-state index >= 15 is 0 Å². The Morgan fingerprint density at radius 3 is 1.51 bits per heavy atom. The topological polar surface area (TPSA) is 172 Å². The van der Waals surface area contributed by atoms with Crippen LogP contribution in [0.2, 0.25) is 15.1 Å². The lowest BCUT2D eigenvalue weighted by atomic mass is 9.93. The van der Waals surface area contributed by atoms with Crippen molar-refractivity contribution in [3.05, 3.63) is 94.3 Å². The number of hydrogen-bond donors (Lipinski definition) is 3. The molecule has 0 atom stereocenters. The number of aromatic nitrogens is 4. The number of pyridine rings is 4. The molecular formula is C43H54Cl3FN8O6. The van der Waals surface area contributed by atoms with Gasteiger partial charge in [-0.15, -0.1) is 0 Å². The first kappa shape index (κ1) is 48.8. The SMILES string of the molecule is COC(=O)CC1CCN(c2ccc(Cl)cn2)CC1.COC(=O)CC1CCNCC1.Fc1ccc(Cl)cn1.O=C(CC1CCN(c2ccc(Cl)cn2)CC1)Nc1ccc(O)cn1. The normalized spacial score (nSPS) is 15.7. The summed E-state index contributed by atoms with van der Waals surface area (Å²) in [4.78, 5) is 54.5. The zero-order valence-corrected chi connectivity index (χ0v) is 36.7. The highest BCUT2D eigenvalue weighted by Gasteiger charge is 2.24. The lowest BCUT2D eigenvalue weighted by molar-refractivity contribution is -0.142. The second-order valence-corrected chi connectivity index (χ2v) is 16.0. The van der Waals surface area contributed by atoms with Crippen molar-refractivity contribution in [2.45, 2.75) is 57.8 Å². The first-order valence-corrected chi connectivity index (χ1v) is 21.3. The Balaban J connectivity index is 0.000000194. The van der Waals surface area contributed by atoms with Crippen molar-refractivity contribution in [3.8, 4) is 5.75 Å². The van der Waals surface area contributed by atoms with Gasteiger partial charge in [-0.1, -0.05) is 34.8 Å². The van der Waals surface area contributed by atoms with Crippen molar-refractivity contribution in [1.82, 2.24) is 25.3 Å². The molecule has 14 nitrogen and oxygen atoms in total. The van der Waals surface area contributed by atoms with Gasteiger partial charge in [0.2, 0.25) is 11.9 Å². The number of nitrogens with one attached hydrogen (secondary N) is 2. The fraction of sp³-hybridized carbons (Fsp3) is 0.465. The molecule has 3 aliphatic heterocycles. The number of methoxy groups -OCH3 is 2. The molecule has 0 aromatic carbocycles. The second kappa shape index (κ2) is 26.5. The molecule has 0 spiro atoms. The molecule has 3 saturated heterocycles. The fourth-order valence-corrected chi connectivity index (χ4v) is 7.18. The largest absolute Gasteiger partial charge is 0.506 e. The first-order valence-electron chi connectivity index (χ1n) is 20.2. The van der Waals surface area contributed by atoms with Crippen LogP contribution in [0.3, 0.4) is 0 Å². The van der Waals surface area contributed by atoms with E-state index in [-0.39, 0.29) is 23.6 Å². The maximum Gasteiger partial charge on any atom is 0.305 e. The van der Waals surface area contributed by atoms with E-state index in [0.717, 1.165) is 89.4 Å². The molecule has 0 unspecified atom stereocenters. The molecular weight excluding hydrogens is 850 g/mol. The lowest BCUT2D eigenvalue weighted by Gasteiger charge is -2.32. The van der Waals surface area contributed by atoms with Gasteiger partial charge in [-0.25, -0.2) is 19.9 Å². The minimum absolute atomic E-state index is 0.0451. The maximum absolute atomic E-state index is 12.1. The molecule has 4 aromatic heterocycles.